The molecule has 0 atom stereocenters. The lowest BCUT2D eigenvalue weighted by molar-refractivity contribution is 0.111. The fourth-order valence-electron chi connectivity index (χ4n) is 0.704. The van der Waals surface area contributed by atoms with Crippen LogP contribution in [-0.4, -0.2) is 23.3 Å². The van der Waals surface area contributed by atoms with Crippen LogP contribution in [-0.2, 0) is 0 Å². The summed E-state index contributed by atoms with van der Waals surface area (Å²) in [6, 6.07) is 0. The van der Waals surface area contributed by atoms with Crippen LogP contribution in [0.2, 0.25) is 0 Å². The van der Waals surface area contributed by atoms with Gasteiger partial charge < -0.3 is 10.3 Å². The van der Waals surface area contributed by atoms with E-state index in [-0.39, 0.29) is 0 Å². The fraction of sp³-hybridized carbons (Fsp3) is 0.143. The quantitative estimate of drug-likeness (QED) is 0.615. The Morgan fingerprint density at radius 2 is 2.55 bits per heavy atom. The molecule has 0 aliphatic rings. The van der Waals surface area contributed by atoms with Gasteiger partial charge in [-0.15, -0.1) is 0 Å². The fourth-order valence-corrected chi connectivity index (χ4v) is 0.704. The van der Waals surface area contributed by atoms with Gasteiger partial charge in [-0.2, -0.15) is 0 Å². The number of imidazole rings is 1. The molecule has 0 radical (unpaired) electrons. The highest BCUT2D eigenvalue weighted by atomic mass is 16.1. The number of hydrogen-bond acceptors (Lipinski definition) is 3. The van der Waals surface area contributed by atoms with Crippen molar-refractivity contribution in [2.75, 3.05) is 7.05 Å². The van der Waals surface area contributed by atoms with Gasteiger partial charge in [0.25, 0.3) is 0 Å². The Morgan fingerprint density at radius 1 is 1.73 bits per heavy atom. The minimum Gasteiger partial charge on any atom is -0.394 e. The van der Waals surface area contributed by atoms with Crippen LogP contribution in [0, 0.1) is 0 Å². The molecule has 58 valence electrons. The van der Waals surface area contributed by atoms with Gasteiger partial charge in [0, 0.05) is 7.05 Å². The van der Waals surface area contributed by atoms with E-state index in [0.29, 0.717) is 11.4 Å². The van der Waals surface area contributed by atoms with Crippen molar-refractivity contribution in [1.29, 1.82) is 0 Å². The van der Waals surface area contributed by atoms with Crippen molar-refractivity contribution < 1.29 is 4.79 Å². The average Bonchev–Trinajstić information content (AvgIpc) is 2.47. The molecule has 0 aromatic carbocycles. The molecule has 0 saturated heterocycles. The molecule has 0 aliphatic carbocycles. The number of carbonyl (C=O) groups excluding carboxylic acids is 1. The van der Waals surface area contributed by atoms with Crippen molar-refractivity contribution in [1.82, 2.24) is 15.3 Å². The maximum Gasteiger partial charge on any atom is 0.168 e. The number of aromatic amines is 1. The van der Waals surface area contributed by atoms with E-state index < -0.39 is 0 Å². The van der Waals surface area contributed by atoms with Crippen LogP contribution < -0.4 is 5.32 Å². The Labute approximate surface area is 64.3 Å². The third kappa shape index (κ3) is 1.67. The molecular formula is C7H9N3O. The Bertz CT molecular complexity index is 264. The van der Waals surface area contributed by atoms with E-state index in [1.54, 1.807) is 19.3 Å². The number of nitrogens with one attached hydrogen (secondary N) is 2. The van der Waals surface area contributed by atoms with Crippen LogP contribution in [0.5, 0.6) is 0 Å². The van der Waals surface area contributed by atoms with Crippen LogP contribution in [0.1, 0.15) is 16.2 Å². The Hall–Kier alpha value is -1.58. The molecule has 1 aromatic rings. The molecule has 0 saturated carbocycles. The van der Waals surface area contributed by atoms with E-state index in [0.717, 1.165) is 6.29 Å². The van der Waals surface area contributed by atoms with Gasteiger partial charge in [-0.1, -0.05) is 0 Å². The maximum absolute atomic E-state index is 10.3. The highest BCUT2D eigenvalue weighted by Gasteiger charge is 1.97. The SMILES string of the molecule is CN/C=C\c1nc[nH]c1C=O. The van der Waals surface area contributed by atoms with Gasteiger partial charge in [-0.05, 0) is 12.3 Å². The summed E-state index contributed by atoms with van der Waals surface area (Å²) in [4.78, 5) is 16.9. The van der Waals surface area contributed by atoms with Crippen molar-refractivity contribution in [3.05, 3.63) is 23.9 Å². The van der Waals surface area contributed by atoms with E-state index in [4.69, 9.17) is 0 Å². The zero-order valence-electron chi connectivity index (χ0n) is 6.16. The van der Waals surface area contributed by atoms with Crippen LogP contribution in [0.3, 0.4) is 0 Å². The molecule has 4 heteroatoms. The van der Waals surface area contributed by atoms with Gasteiger partial charge in [0.2, 0.25) is 0 Å². The van der Waals surface area contributed by atoms with Gasteiger partial charge in [0.05, 0.1) is 12.0 Å². The zero-order valence-corrected chi connectivity index (χ0v) is 6.16. The summed E-state index contributed by atoms with van der Waals surface area (Å²) in [6.45, 7) is 0. The number of hydrogen-bond donors (Lipinski definition) is 2. The lowest BCUT2D eigenvalue weighted by Gasteiger charge is -1.86. The summed E-state index contributed by atoms with van der Waals surface area (Å²) < 4.78 is 0. The summed E-state index contributed by atoms with van der Waals surface area (Å²) >= 11 is 0. The minimum absolute atomic E-state index is 0.497. The zero-order chi connectivity index (χ0) is 8.10. The summed E-state index contributed by atoms with van der Waals surface area (Å²) in [5.74, 6) is 0. The first-order chi connectivity index (χ1) is 5.38. The van der Waals surface area contributed by atoms with Crippen molar-refractivity contribution in [3.63, 3.8) is 0 Å². The lowest BCUT2D eigenvalue weighted by Crippen LogP contribution is -1.92. The Morgan fingerprint density at radius 3 is 3.18 bits per heavy atom. The second-order valence-electron chi connectivity index (χ2n) is 1.94. The third-order valence-electron chi connectivity index (χ3n) is 1.23. The van der Waals surface area contributed by atoms with Crippen molar-refractivity contribution in [2.45, 2.75) is 0 Å². The molecule has 0 bridgehead atoms. The van der Waals surface area contributed by atoms with Gasteiger partial charge >= 0.3 is 0 Å². The van der Waals surface area contributed by atoms with Crippen molar-refractivity contribution in [2.24, 2.45) is 0 Å². The van der Waals surface area contributed by atoms with Gasteiger partial charge in [-0.25, -0.2) is 4.98 Å². The normalized spacial score (nSPS) is 10.3. The molecular weight excluding hydrogens is 142 g/mol. The number of H-pyrrole nitrogens is 1. The monoisotopic (exact) mass is 151 g/mol. The van der Waals surface area contributed by atoms with E-state index in [1.165, 1.54) is 6.33 Å². The predicted molar refractivity (Wildman–Crippen MR) is 42.1 cm³/mol. The number of aromatic nitrogens is 2. The summed E-state index contributed by atoms with van der Waals surface area (Å²) in [5.41, 5.74) is 1.14. The maximum atomic E-state index is 10.3. The van der Waals surface area contributed by atoms with Gasteiger partial charge in [0.15, 0.2) is 6.29 Å². The van der Waals surface area contributed by atoms with E-state index in [1.807, 2.05) is 0 Å². The second-order valence-corrected chi connectivity index (χ2v) is 1.94. The van der Waals surface area contributed by atoms with Gasteiger partial charge in [-0.3, -0.25) is 4.79 Å². The number of carbonyl (C=O) groups is 1. The second kappa shape index (κ2) is 3.55. The smallest absolute Gasteiger partial charge is 0.168 e. The van der Waals surface area contributed by atoms with Crippen molar-refractivity contribution >= 4 is 12.4 Å². The molecule has 0 fully saturated rings. The standard InChI is InChI=1S/C7H9N3O/c1-8-3-2-6-7(4-11)10-5-9-6/h2-5,8H,1H3,(H,9,10)/b3-2-. The molecule has 2 N–H and O–H groups in total. The number of aldehydes is 1. The highest BCUT2D eigenvalue weighted by Crippen LogP contribution is 2.00. The van der Waals surface area contributed by atoms with Crippen LogP contribution in [0.4, 0.5) is 0 Å². The molecule has 0 spiro atoms. The first-order valence-electron chi connectivity index (χ1n) is 3.21. The van der Waals surface area contributed by atoms with Crippen LogP contribution in [0.15, 0.2) is 12.5 Å². The van der Waals surface area contributed by atoms with E-state index in [2.05, 4.69) is 15.3 Å². The van der Waals surface area contributed by atoms with E-state index in [9.17, 15) is 4.79 Å². The predicted octanol–water partition coefficient (Wildman–Crippen LogP) is 0.412. The molecule has 0 amide bonds. The van der Waals surface area contributed by atoms with E-state index >= 15 is 0 Å². The van der Waals surface area contributed by atoms with Crippen LogP contribution in [0.25, 0.3) is 6.08 Å². The number of rotatable bonds is 3. The van der Waals surface area contributed by atoms with Crippen molar-refractivity contribution in [3.8, 4) is 0 Å². The molecule has 11 heavy (non-hydrogen) atoms. The van der Waals surface area contributed by atoms with Gasteiger partial charge in [0.1, 0.15) is 5.69 Å². The Balaban J connectivity index is 2.84. The molecule has 4 nitrogen and oxygen atoms in total. The summed E-state index contributed by atoms with van der Waals surface area (Å²) in [5, 5.41) is 2.81. The molecule has 0 unspecified atom stereocenters. The molecule has 1 rings (SSSR count). The lowest BCUT2D eigenvalue weighted by atomic mass is 10.3. The molecule has 0 aliphatic heterocycles. The minimum atomic E-state index is 0.497. The Kier molecular flexibility index (Phi) is 2.43. The number of nitrogens with zero attached hydrogens (tertiary/aromatic N) is 1. The molecule has 1 aromatic heterocycles. The molecule has 1 heterocycles. The topological polar surface area (TPSA) is 57.8 Å². The largest absolute Gasteiger partial charge is 0.394 e. The van der Waals surface area contributed by atoms with Crippen LogP contribution >= 0.6 is 0 Å². The first kappa shape index (κ1) is 7.53. The third-order valence-corrected chi connectivity index (χ3v) is 1.23. The first-order valence-corrected chi connectivity index (χ1v) is 3.21. The summed E-state index contributed by atoms with van der Waals surface area (Å²) in [7, 11) is 1.78. The average molecular weight is 151 g/mol. The summed E-state index contributed by atoms with van der Waals surface area (Å²) in [6.07, 6.45) is 5.66. The highest BCUT2D eigenvalue weighted by molar-refractivity contribution is 5.77.